The Balaban J connectivity index is 1.54. The van der Waals surface area contributed by atoms with Crippen molar-refractivity contribution in [1.29, 1.82) is 0 Å². The average Bonchev–Trinajstić information content (AvgIpc) is 3.31. The first-order valence-electron chi connectivity index (χ1n) is 10.8. The van der Waals surface area contributed by atoms with Gasteiger partial charge in [0, 0.05) is 44.5 Å². The summed E-state index contributed by atoms with van der Waals surface area (Å²) in [7, 11) is 0. The van der Waals surface area contributed by atoms with Crippen LogP contribution in [0, 0.1) is 5.92 Å². The van der Waals surface area contributed by atoms with Crippen LogP contribution in [0.4, 0.5) is 10.7 Å². The zero-order valence-corrected chi connectivity index (χ0v) is 18.6. The monoisotopic (exact) mass is 427 g/mol. The molecule has 168 valence electrons. The number of ether oxygens (including phenoxy) is 1. The number of aromatic nitrogens is 2. The molecule has 0 radical (unpaired) electrons. The van der Waals surface area contributed by atoms with Gasteiger partial charge in [0.05, 0.1) is 0 Å². The van der Waals surface area contributed by atoms with Crippen LogP contribution in [0.5, 0.6) is 0 Å². The standard InChI is InChI=1S/C23H33N5O3/c1-23(2,3)31-22(30)26-19-16-28(14-17-8-5-4-6-9-17)15-18(19)10-7-11-20(29)27-21-24-12-13-25-21/h4-6,8-9,12-13,18-19H,7,10-11,14-16H2,1-3H3,(H,26,30)(H2,24,25,27,29)/t18-,19+/m1/s1. The third-order valence-corrected chi connectivity index (χ3v) is 5.20. The van der Waals surface area contributed by atoms with E-state index in [4.69, 9.17) is 4.74 Å². The van der Waals surface area contributed by atoms with E-state index in [1.165, 1.54) is 5.56 Å². The minimum atomic E-state index is -0.536. The van der Waals surface area contributed by atoms with Gasteiger partial charge in [-0.05, 0) is 45.1 Å². The average molecular weight is 428 g/mol. The van der Waals surface area contributed by atoms with Crippen LogP contribution in [-0.2, 0) is 16.1 Å². The molecule has 0 spiro atoms. The molecule has 0 bridgehead atoms. The van der Waals surface area contributed by atoms with Crippen LogP contribution in [0.1, 0.15) is 45.6 Å². The number of carbonyl (C=O) groups is 2. The highest BCUT2D eigenvalue weighted by Crippen LogP contribution is 2.25. The summed E-state index contributed by atoms with van der Waals surface area (Å²) in [6.07, 6.45) is 4.87. The Labute approximate surface area is 183 Å². The maximum absolute atomic E-state index is 12.4. The third kappa shape index (κ3) is 7.71. The number of anilines is 1. The molecule has 3 N–H and O–H groups in total. The van der Waals surface area contributed by atoms with E-state index >= 15 is 0 Å². The van der Waals surface area contributed by atoms with Gasteiger partial charge in [-0.2, -0.15) is 0 Å². The second-order valence-corrected chi connectivity index (χ2v) is 9.07. The number of rotatable bonds is 8. The smallest absolute Gasteiger partial charge is 0.407 e. The highest BCUT2D eigenvalue weighted by Gasteiger charge is 2.34. The predicted octanol–water partition coefficient (Wildman–Crippen LogP) is 3.54. The highest BCUT2D eigenvalue weighted by atomic mass is 16.6. The number of aromatic amines is 1. The Hall–Kier alpha value is -2.87. The minimum Gasteiger partial charge on any atom is -0.444 e. The van der Waals surface area contributed by atoms with Crippen molar-refractivity contribution in [2.45, 2.75) is 58.2 Å². The number of likely N-dealkylation sites (tertiary alicyclic amines) is 1. The van der Waals surface area contributed by atoms with Gasteiger partial charge in [-0.1, -0.05) is 30.3 Å². The number of benzene rings is 1. The Morgan fingerprint density at radius 1 is 1.23 bits per heavy atom. The van der Waals surface area contributed by atoms with E-state index < -0.39 is 5.60 Å². The molecule has 1 aromatic heterocycles. The molecule has 1 fully saturated rings. The quantitative estimate of drug-likeness (QED) is 0.598. The van der Waals surface area contributed by atoms with Crippen molar-refractivity contribution in [1.82, 2.24) is 20.2 Å². The van der Waals surface area contributed by atoms with Gasteiger partial charge in [-0.25, -0.2) is 9.78 Å². The molecular formula is C23H33N5O3. The van der Waals surface area contributed by atoms with Gasteiger partial charge in [0.2, 0.25) is 11.9 Å². The van der Waals surface area contributed by atoms with Crippen LogP contribution < -0.4 is 10.6 Å². The SMILES string of the molecule is CC(C)(C)OC(=O)N[C@H]1CN(Cc2ccccc2)C[C@H]1CCCC(=O)Nc1ncc[nH]1. The van der Waals surface area contributed by atoms with Crippen molar-refractivity contribution in [2.75, 3.05) is 18.4 Å². The van der Waals surface area contributed by atoms with Crippen LogP contribution in [0.3, 0.4) is 0 Å². The lowest BCUT2D eigenvalue weighted by molar-refractivity contribution is -0.116. The molecule has 1 aromatic carbocycles. The fourth-order valence-corrected chi connectivity index (χ4v) is 3.90. The lowest BCUT2D eigenvalue weighted by Gasteiger charge is -2.24. The number of carbonyl (C=O) groups excluding carboxylic acids is 2. The molecule has 8 nitrogen and oxygen atoms in total. The lowest BCUT2D eigenvalue weighted by Crippen LogP contribution is -2.43. The van der Waals surface area contributed by atoms with Crippen molar-refractivity contribution in [3.63, 3.8) is 0 Å². The summed E-state index contributed by atoms with van der Waals surface area (Å²) in [5.41, 5.74) is 0.711. The number of hydrogen-bond donors (Lipinski definition) is 3. The van der Waals surface area contributed by atoms with E-state index in [1.54, 1.807) is 12.4 Å². The molecule has 2 aromatic rings. The molecule has 2 atom stereocenters. The van der Waals surface area contributed by atoms with Gasteiger partial charge < -0.3 is 15.0 Å². The Morgan fingerprint density at radius 2 is 2.00 bits per heavy atom. The molecule has 0 saturated carbocycles. The maximum atomic E-state index is 12.4. The van der Waals surface area contributed by atoms with Crippen molar-refractivity contribution in [3.8, 4) is 0 Å². The summed E-state index contributed by atoms with van der Waals surface area (Å²) in [6, 6.07) is 10.3. The first-order valence-corrected chi connectivity index (χ1v) is 10.8. The zero-order chi connectivity index (χ0) is 22.3. The van der Waals surface area contributed by atoms with E-state index in [1.807, 2.05) is 39.0 Å². The van der Waals surface area contributed by atoms with Crippen molar-refractivity contribution in [3.05, 3.63) is 48.3 Å². The van der Waals surface area contributed by atoms with Gasteiger partial charge in [0.1, 0.15) is 5.60 Å². The molecule has 31 heavy (non-hydrogen) atoms. The van der Waals surface area contributed by atoms with Crippen molar-refractivity contribution >= 4 is 17.9 Å². The summed E-state index contributed by atoms with van der Waals surface area (Å²) >= 11 is 0. The number of amides is 2. The summed E-state index contributed by atoms with van der Waals surface area (Å²) in [5.74, 6) is 0.655. The molecular weight excluding hydrogens is 394 g/mol. The lowest BCUT2D eigenvalue weighted by atomic mass is 9.97. The fraction of sp³-hybridized carbons (Fsp3) is 0.522. The third-order valence-electron chi connectivity index (χ3n) is 5.20. The second-order valence-electron chi connectivity index (χ2n) is 9.07. The number of hydrogen-bond acceptors (Lipinski definition) is 5. The van der Waals surface area contributed by atoms with Gasteiger partial charge >= 0.3 is 6.09 Å². The Bertz CT molecular complexity index is 833. The molecule has 0 unspecified atom stereocenters. The van der Waals surface area contributed by atoms with E-state index in [-0.39, 0.29) is 24.0 Å². The van der Waals surface area contributed by atoms with Crippen LogP contribution in [0.15, 0.2) is 42.7 Å². The van der Waals surface area contributed by atoms with Crippen LogP contribution in [-0.4, -0.2) is 51.6 Å². The molecule has 2 heterocycles. The normalized spacial score (nSPS) is 19.2. The predicted molar refractivity (Wildman–Crippen MR) is 119 cm³/mol. The maximum Gasteiger partial charge on any atom is 0.407 e. The van der Waals surface area contributed by atoms with Gasteiger partial charge in [0.25, 0.3) is 0 Å². The first kappa shape index (κ1) is 22.8. The van der Waals surface area contributed by atoms with E-state index in [0.717, 1.165) is 32.5 Å². The summed E-state index contributed by atoms with van der Waals surface area (Å²) in [5, 5.41) is 5.81. The summed E-state index contributed by atoms with van der Waals surface area (Å²) < 4.78 is 5.46. The summed E-state index contributed by atoms with van der Waals surface area (Å²) in [6.45, 7) is 8.05. The largest absolute Gasteiger partial charge is 0.444 e. The number of nitrogens with one attached hydrogen (secondary N) is 3. The Kier molecular flexibility index (Phi) is 7.68. The van der Waals surface area contributed by atoms with E-state index in [0.29, 0.717) is 12.4 Å². The van der Waals surface area contributed by atoms with Crippen molar-refractivity contribution in [2.24, 2.45) is 5.92 Å². The number of nitrogens with zero attached hydrogens (tertiary/aromatic N) is 2. The van der Waals surface area contributed by atoms with Gasteiger partial charge in [-0.15, -0.1) is 0 Å². The fourth-order valence-electron chi connectivity index (χ4n) is 3.90. The van der Waals surface area contributed by atoms with E-state index in [2.05, 4.69) is 37.6 Å². The zero-order valence-electron chi connectivity index (χ0n) is 18.6. The molecule has 1 aliphatic heterocycles. The Morgan fingerprint density at radius 3 is 2.68 bits per heavy atom. The molecule has 1 saturated heterocycles. The van der Waals surface area contributed by atoms with Crippen LogP contribution in [0.2, 0.25) is 0 Å². The second kappa shape index (κ2) is 10.4. The number of alkyl carbamates (subject to hydrolysis) is 1. The van der Waals surface area contributed by atoms with Crippen molar-refractivity contribution < 1.29 is 14.3 Å². The number of imidazole rings is 1. The van der Waals surface area contributed by atoms with Gasteiger partial charge in [-0.3, -0.25) is 15.0 Å². The van der Waals surface area contributed by atoms with Crippen LogP contribution >= 0.6 is 0 Å². The molecule has 3 rings (SSSR count). The molecule has 2 amide bonds. The minimum absolute atomic E-state index is 0.00769. The molecule has 8 heteroatoms. The van der Waals surface area contributed by atoms with Gasteiger partial charge in [0.15, 0.2) is 0 Å². The summed E-state index contributed by atoms with van der Waals surface area (Å²) in [4.78, 5) is 33.7. The first-order chi connectivity index (χ1) is 14.8. The topological polar surface area (TPSA) is 99.3 Å². The number of H-pyrrole nitrogens is 1. The van der Waals surface area contributed by atoms with E-state index in [9.17, 15) is 9.59 Å². The molecule has 1 aliphatic rings. The molecule has 0 aliphatic carbocycles. The highest BCUT2D eigenvalue weighted by molar-refractivity contribution is 5.88. The van der Waals surface area contributed by atoms with Crippen LogP contribution in [0.25, 0.3) is 0 Å².